The van der Waals surface area contributed by atoms with Crippen molar-refractivity contribution in [3.05, 3.63) is 23.9 Å². The summed E-state index contributed by atoms with van der Waals surface area (Å²) in [4.78, 5) is 2.44. The Labute approximate surface area is 91.9 Å². The molecular weight excluding hydrogens is 184 g/mol. The third kappa shape index (κ3) is 2.23. The molecule has 2 aliphatic rings. The van der Waals surface area contributed by atoms with Gasteiger partial charge in [0.25, 0.3) is 0 Å². The van der Waals surface area contributed by atoms with Crippen LogP contribution in [0, 0.1) is 16.7 Å². The highest BCUT2D eigenvalue weighted by molar-refractivity contribution is 5.29. The van der Waals surface area contributed by atoms with E-state index in [0.29, 0.717) is 0 Å². The van der Waals surface area contributed by atoms with Crippen molar-refractivity contribution in [2.45, 2.75) is 32.6 Å². The van der Waals surface area contributed by atoms with E-state index in [-0.39, 0.29) is 5.41 Å². The smallest absolute Gasteiger partial charge is 0.0764 e. The van der Waals surface area contributed by atoms with E-state index in [9.17, 15) is 0 Å². The van der Waals surface area contributed by atoms with Gasteiger partial charge in [-0.2, -0.15) is 5.26 Å². The Morgan fingerprint density at radius 1 is 1.33 bits per heavy atom. The SMILES string of the molecule is CC1(C#N)C=CC(N2CCCCC2)=CC1. The summed E-state index contributed by atoms with van der Waals surface area (Å²) in [5.74, 6) is 0. The van der Waals surface area contributed by atoms with Crippen LogP contribution in [0.2, 0.25) is 0 Å². The molecule has 0 radical (unpaired) electrons. The van der Waals surface area contributed by atoms with Gasteiger partial charge in [-0.3, -0.25) is 0 Å². The zero-order valence-electron chi connectivity index (χ0n) is 9.37. The molecule has 0 amide bonds. The van der Waals surface area contributed by atoms with E-state index in [1.807, 2.05) is 6.92 Å². The standard InChI is InChI=1S/C13H18N2/c1-13(11-14)7-5-12(6-8-13)15-9-3-2-4-10-15/h5-7H,2-4,8-10H2,1H3. The summed E-state index contributed by atoms with van der Waals surface area (Å²) in [6, 6.07) is 2.35. The summed E-state index contributed by atoms with van der Waals surface area (Å²) in [6.45, 7) is 4.35. The van der Waals surface area contributed by atoms with Crippen molar-refractivity contribution in [2.75, 3.05) is 13.1 Å². The van der Waals surface area contributed by atoms with Gasteiger partial charge in [-0.05, 0) is 38.7 Å². The van der Waals surface area contributed by atoms with Gasteiger partial charge < -0.3 is 4.90 Å². The summed E-state index contributed by atoms with van der Waals surface area (Å²) in [5.41, 5.74) is 1.04. The van der Waals surface area contributed by atoms with Crippen LogP contribution in [0.4, 0.5) is 0 Å². The van der Waals surface area contributed by atoms with Gasteiger partial charge in [-0.25, -0.2) is 0 Å². The van der Waals surface area contributed by atoms with Crippen LogP contribution < -0.4 is 0 Å². The molecule has 0 bridgehead atoms. The van der Waals surface area contributed by atoms with Gasteiger partial charge in [0.05, 0.1) is 11.5 Å². The molecule has 0 aromatic heterocycles. The molecule has 1 atom stereocenters. The Bertz CT molecular complexity index is 329. The molecule has 1 saturated heterocycles. The summed E-state index contributed by atoms with van der Waals surface area (Å²) >= 11 is 0. The summed E-state index contributed by atoms with van der Waals surface area (Å²) in [7, 11) is 0. The Morgan fingerprint density at radius 2 is 2.07 bits per heavy atom. The predicted molar refractivity (Wildman–Crippen MR) is 61.0 cm³/mol. The summed E-state index contributed by atoms with van der Waals surface area (Å²) in [5, 5.41) is 9.00. The summed E-state index contributed by atoms with van der Waals surface area (Å²) < 4.78 is 0. The van der Waals surface area contributed by atoms with Crippen LogP contribution in [0.25, 0.3) is 0 Å². The van der Waals surface area contributed by atoms with Crippen molar-refractivity contribution in [1.29, 1.82) is 5.26 Å². The number of piperidine rings is 1. The highest BCUT2D eigenvalue weighted by Crippen LogP contribution is 2.30. The molecule has 0 saturated carbocycles. The molecule has 1 heterocycles. The lowest BCUT2D eigenvalue weighted by Gasteiger charge is -2.32. The van der Waals surface area contributed by atoms with Crippen molar-refractivity contribution in [3.63, 3.8) is 0 Å². The molecule has 1 aliphatic heterocycles. The van der Waals surface area contributed by atoms with Crippen molar-refractivity contribution in [2.24, 2.45) is 5.41 Å². The van der Waals surface area contributed by atoms with E-state index < -0.39 is 0 Å². The van der Waals surface area contributed by atoms with Crippen LogP contribution in [0.3, 0.4) is 0 Å². The fourth-order valence-electron chi connectivity index (χ4n) is 2.19. The molecule has 2 heteroatoms. The maximum atomic E-state index is 9.00. The number of hydrogen-bond acceptors (Lipinski definition) is 2. The number of likely N-dealkylation sites (tertiary alicyclic amines) is 1. The molecule has 2 nitrogen and oxygen atoms in total. The zero-order valence-corrected chi connectivity index (χ0v) is 9.37. The fourth-order valence-corrected chi connectivity index (χ4v) is 2.19. The molecule has 0 spiro atoms. The molecular formula is C13H18N2. The molecule has 0 N–H and O–H groups in total. The largest absolute Gasteiger partial charge is 0.372 e. The Hall–Kier alpha value is -1.23. The quantitative estimate of drug-likeness (QED) is 0.653. The lowest BCUT2D eigenvalue weighted by Crippen LogP contribution is -2.29. The average Bonchev–Trinajstić information content (AvgIpc) is 2.31. The third-order valence-corrected chi connectivity index (χ3v) is 3.33. The molecule has 80 valence electrons. The van der Waals surface area contributed by atoms with E-state index in [4.69, 9.17) is 5.26 Å². The lowest BCUT2D eigenvalue weighted by atomic mass is 9.84. The van der Waals surface area contributed by atoms with Crippen molar-refractivity contribution in [1.82, 2.24) is 4.90 Å². The first kappa shape index (κ1) is 10.3. The normalized spacial score (nSPS) is 30.9. The highest BCUT2D eigenvalue weighted by atomic mass is 15.1. The van der Waals surface area contributed by atoms with E-state index in [0.717, 1.165) is 6.42 Å². The van der Waals surface area contributed by atoms with Crippen molar-refractivity contribution < 1.29 is 0 Å². The zero-order chi connectivity index (χ0) is 10.7. The van der Waals surface area contributed by atoms with Crippen LogP contribution >= 0.6 is 0 Å². The maximum absolute atomic E-state index is 9.00. The minimum atomic E-state index is -0.278. The van der Waals surface area contributed by atoms with Crippen LogP contribution in [0.5, 0.6) is 0 Å². The van der Waals surface area contributed by atoms with Gasteiger partial charge in [0.2, 0.25) is 0 Å². The maximum Gasteiger partial charge on any atom is 0.0764 e. The number of allylic oxidation sites excluding steroid dienone is 3. The van der Waals surface area contributed by atoms with Crippen LogP contribution in [0.1, 0.15) is 32.6 Å². The van der Waals surface area contributed by atoms with Crippen molar-refractivity contribution in [3.8, 4) is 6.07 Å². The first-order valence-corrected chi connectivity index (χ1v) is 5.79. The second-order valence-electron chi connectivity index (χ2n) is 4.74. The molecule has 15 heavy (non-hydrogen) atoms. The first-order chi connectivity index (χ1) is 7.23. The van der Waals surface area contributed by atoms with E-state index in [1.54, 1.807) is 0 Å². The van der Waals surface area contributed by atoms with Gasteiger partial charge in [-0.1, -0.05) is 12.2 Å². The average molecular weight is 202 g/mol. The van der Waals surface area contributed by atoms with Crippen molar-refractivity contribution >= 4 is 0 Å². The Kier molecular flexibility index (Phi) is 2.81. The second kappa shape index (κ2) is 4.10. The molecule has 0 aromatic carbocycles. The van der Waals surface area contributed by atoms with Crippen LogP contribution in [-0.2, 0) is 0 Å². The molecule has 2 rings (SSSR count). The fraction of sp³-hybridized carbons (Fsp3) is 0.615. The monoisotopic (exact) mass is 202 g/mol. The number of nitrogens with zero attached hydrogens (tertiary/aromatic N) is 2. The van der Waals surface area contributed by atoms with E-state index in [2.05, 4.69) is 29.2 Å². The Morgan fingerprint density at radius 3 is 2.60 bits per heavy atom. The number of rotatable bonds is 1. The predicted octanol–water partition coefficient (Wildman–Crippen LogP) is 2.85. The molecule has 1 unspecified atom stereocenters. The van der Waals surface area contributed by atoms with Gasteiger partial charge in [-0.15, -0.1) is 0 Å². The minimum absolute atomic E-state index is 0.278. The van der Waals surface area contributed by atoms with Gasteiger partial charge >= 0.3 is 0 Å². The number of hydrogen-bond donors (Lipinski definition) is 0. The molecule has 1 aliphatic carbocycles. The topological polar surface area (TPSA) is 27.0 Å². The second-order valence-corrected chi connectivity index (χ2v) is 4.74. The van der Waals surface area contributed by atoms with E-state index in [1.165, 1.54) is 38.0 Å². The van der Waals surface area contributed by atoms with Crippen LogP contribution in [0.15, 0.2) is 23.9 Å². The van der Waals surface area contributed by atoms with Gasteiger partial charge in [0.1, 0.15) is 0 Å². The lowest BCUT2D eigenvalue weighted by molar-refractivity contribution is 0.289. The minimum Gasteiger partial charge on any atom is -0.372 e. The van der Waals surface area contributed by atoms with Crippen LogP contribution in [-0.4, -0.2) is 18.0 Å². The molecule has 0 aromatic rings. The molecule has 1 fully saturated rings. The first-order valence-electron chi connectivity index (χ1n) is 5.79. The summed E-state index contributed by atoms with van der Waals surface area (Å²) in [6.07, 6.45) is 11.2. The van der Waals surface area contributed by atoms with E-state index >= 15 is 0 Å². The highest BCUT2D eigenvalue weighted by Gasteiger charge is 2.23. The third-order valence-electron chi connectivity index (χ3n) is 3.33. The Balaban J connectivity index is 2.02. The number of nitriles is 1. The van der Waals surface area contributed by atoms with Gasteiger partial charge in [0, 0.05) is 18.8 Å². The van der Waals surface area contributed by atoms with Gasteiger partial charge in [0.15, 0.2) is 0 Å².